The Morgan fingerprint density at radius 1 is 1.41 bits per heavy atom. The van der Waals surface area contributed by atoms with Gasteiger partial charge in [0, 0.05) is 0 Å². The Hall–Kier alpha value is -1.58. The summed E-state index contributed by atoms with van der Waals surface area (Å²) in [5.74, 6) is -1.04. The van der Waals surface area contributed by atoms with Crippen molar-refractivity contribution in [3.63, 3.8) is 0 Å². The lowest BCUT2D eigenvalue weighted by Gasteiger charge is -2.14. The van der Waals surface area contributed by atoms with Crippen LogP contribution < -0.4 is 4.74 Å². The minimum Gasteiger partial charge on any atom is -0.494 e. The zero-order chi connectivity index (χ0) is 12.8. The second kappa shape index (κ2) is 6.23. The molecular formula is C13H17FO3. The number of hydrogen-bond donors (Lipinski definition) is 0. The number of carbonyl (C=O) groups excluding carboxylic acids is 1. The van der Waals surface area contributed by atoms with E-state index in [1.165, 1.54) is 26.4 Å². The van der Waals surface area contributed by atoms with Crippen LogP contribution in [0.4, 0.5) is 4.39 Å². The largest absolute Gasteiger partial charge is 0.494 e. The number of carbonyl (C=O) groups is 1. The zero-order valence-electron chi connectivity index (χ0n) is 10.3. The van der Waals surface area contributed by atoms with Crippen LogP contribution in [-0.2, 0) is 9.53 Å². The topological polar surface area (TPSA) is 35.5 Å². The third kappa shape index (κ3) is 3.19. The van der Waals surface area contributed by atoms with Gasteiger partial charge >= 0.3 is 5.97 Å². The Kier molecular flexibility index (Phi) is 4.94. The number of esters is 1. The van der Waals surface area contributed by atoms with Gasteiger partial charge in [-0.25, -0.2) is 4.39 Å². The minimum atomic E-state index is -0.463. The highest BCUT2D eigenvalue weighted by molar-refractivity contribution is 5.78. The fourth-order valence-corrected chi connectivity index (χ4v) is 1.75. The third-order valence-electron chi connectivity index (χ3n) is 2.64. The fourth-order valence-electron chi connectivity index (χ4n) is 1.75. The minimum absolute atomic E-state index is 0.175. The SMILES string of the molecule is CCCC(C(=O)OC)c1ccc(OC)c(F)c1. The standard InChI is InChI=1S/C13H17FO3/c1-4-5-10(13(15)17-3)9-6-7-12(16-2)11(14)8-9/h6-8,10H,4-5H2,1-3H3. The lowest BCUT2D eigenvalue weighted by molar-refractivity contribution is -0.142. The van der Waals surface area contributed by atoms with Crippen LogP contribution in [0.1, 0.15) is 31.2 Å². The van der Waals surface area contributed by atoms with E-state index < -0.39 is 11.7 Å². The van der Waals surface area contributed by atoms with Crippen LogP contribution in [-0.4, -0.2) is 20.2 Å². The van der Waals surface area contributed by atoms with E-state index in [2.05, 4.69) is 0 Å². The molecule has 0 aromatic heterocycles. The predicted octanol–water partition coefficient (Wildman–Crippen LogP) is 2.89. The summed E-state index contributed by atoms with van der Waals surface area (Å²) in [5, 5.41) is 0. The van der Waals surface area contributed by atoms with E-state index in [4.69, 9.17) is 9.47 Å². The number of halogens is 1. The molecule has 1 atom stereocenters. The van der Waals surface area contributed by atoms with E-state index in [9.17, 15) is 9.18 Å². The summed E-state index contributed by atoms with van der Waals surface area (Å²) in [4.78, 5) is 11.6. The fraction of sp³-hybridized carbons (Fsp3) is 0.462. The van der Waals surface area contributed by atoms with Crippen molar-refractivity contribution in [2.75, 3.05) is 14.2 Å². The van der Waals surface area contributed by atoms with Crippen LogP contribution >= 0.6 is 0 Å². The Morgan fingerprint density at radius 2 is 2.12 bits per heavy atom. The van der Waals surface area contributed by atoms with Gasteiger partial charge in [0.05, 0.1) is 20.1 Å². The number of benzene rings is 1. The predicted molar refractivity (Wildman–Crippen MR) is 62.6 cm³/mol. The van der Waals surface area contributed by atoms with E-state index in [1.54, 1.807) is 6.07 Å². The van der Waals surface area contributed by atoms with Crippen LogP contribution in [0.5, 0.6) is 5.75 Å². The normalized spacial score (nSPS) is 12.0. The molecule has 0 aliphatic carbocycles. The summed E-state index contributed by atoms with van der Waals surface area (Å²) in [6.45, 7) is 1.97. The maximum atomic E-state index is 13.5. The van der Waals surface area contributed by atoms with Gasteiger partial charge in [0.1, 0.15) is 0 Å². The van der Waals surface area contributed by atoms with Crippen LogP contribution in [0, 0.1) is 5.82 Å². The van der Waals surface area contributed by atoms with Crippen LogP contribution in [0.3, 0.4) is 0 Å². The Labute approximate surface area is 101 Å². The molecule has 1 aromatic carbocycles. The van der Waals surface area contributed by atoms with Gasteiger partial charge < -0.3 is 9.47 Å². The highest BCUT2D eigenvalue weighted by Crippen LogP contribution is 2.27. The van der Waals surface area contributed by atoms with Gasteiger partial charge in [-0.2, -0.15) is 0 Å². The van der Waals surface area contributed by atoms with Gasteiger partial charge in [-0.15, -0.1) is 0 Å². The first kappa shape index (κ1) is 13.5. The summed E-state index contributed by atoms with van der Waals surface area (Å²) in [7, 11) is 2.74. The Bertz CT molecular complexity index is 390. The summed E-state index contributed by atoms with van der Waals surface area (Å²) < 4.78 is 23.1. The molecule has 0 saturated heterocycles. The summed E-state index contributed by atoms with van der Waals surface area (Å²) >= 11 is 0. The molecule has 0 aliphatic rings. The molecule has 0 N–H and O–H groups in total. The van der Waals surface area contributed by atoms with Crippen molar-refractivity contribution in [3.8, 4) is 5.75 Å². The van der Waals surface area contributed by atoms with Crippen molar-refractivity contribution in [2.45, 2.75) is 25.7 Å². The van der Waals surface area contributed by atoms with Gasteiger partial charge in [-0.3, -0.25) is 4.79 Å². The van der Waals surface area contributed by atoms with Crippen molar-refractivity contribution in [1.29, 1.82) is 0 Å². The average Bonchev–Trinajstić information content (AvgIpc) is 2.35. The molecule has 0 aliphatic heterocycles. The van der Waals surface area contributed by atoms with E-state index >= 15 is 0 Å². The van der Waals surface area contributed by atoms with E-state index in [-0.39, 0.29) is 11.7 Å². The van der Waals surface area contributed by atoms with Crippen molar-refractivity contribution >= 4 is 5.97 Å². The van der Waals surface area contributed by atoms with Gasteiger partial charge in [0.15, 0.2) is 11.6 Å². The first-order valence-electron chi connectivity index (χ1n) is 5.55. The highest BCUT2D eigenvalue weighted by atomic mass is 19.1. The number of rotatable bonds is 5. The zero-order valence-corrected chi connectivity index (χ0v) is 10.3. The van der Waals surface area contributed by atoms with Gasteiger partial charge in [-0.05, 0) is 24.1 Å². The van der Waals surface area contributed by atoms with Crippen molar-refractivity contribution in [3.05, 3.63) is 29.6 Å². The molecule has 0 fully saturated rings. The molecule has 0 heterocycles. The maximum absolute atomic E-state index is 13.5. The molecule has 0 radical (unpaired) electrons. The van der Waals surface area contributed by atoms with E-state index in [1.807, 2.05) is 6.92 Å². The first-order chi connectivity index (χ1) is 8.13. The smallest absolute Gasteiger partial charge is 0.313 e. The molecule has 17 heavy (non-hydrogen) atoms. The quantitative estimate of drug-likeness (QED) is 0.742. The lowest BCUT2D eigenvalue weighted by Crippen LogP contribution is -2.14. The summed E-state index contributed by atoms with van der Waals surface area (Å²) in [5.41, 5.74) is 0.622. The van der Waals surface area contributed by atoms with Crippen molar-refractivity contribution < 1.29 is 18.7 Å². The van der Waals surface area contributed by atoms with E-state index in [0.717, 1.165) is 6.42 Å². The molecule has 0 saturated carbocycles. The van der Waals surface area contributed by atoms with Crippen molar-refractivity contribution in [2.24, 2.45) is 0 Å². The molecule has 0 bridgehead atoms. The van der Waals surface area contributed by atoms with Gasteiger partial charge in [0.2, 0.25) is 0 Å². The van der Waals surface area contributed by atoms with Crippen LogP contribution in [0.2, 0.25) is 0 Å². The highest BCUT2D eigenvalue weighted by Gasteiger charge is 2.21. The molecule has 1 unspecified atom stereocenters. The first-order valence-corrected chi connectivity index (χ1v) is 5.55. The Morgan fingerprint density at radius 3 is 2.59 bits per heavy atom. The molecule has 94 valence electrons. The number of hydrogen-bond acceptors (Lipinski definition) is 3. The number of ether oxygens (including phenoxy) is 2. The van der Waals surface area contributed by atoms with Crippen molar-refractivity contribution in [1.82, 2.24) is 0 Å². The monoisotopic (exact) mass is 240 g/mol. The second-order valence-electron chi connectivity index (χ2n) is 3.76. The molecule has 1 aromatic rings. The molecule has 0 spiro atoms. The summed E-state index contributed by atoms with van der Waals surface area (Å²) in [6.07, 6.45) is 1.46. The van der Waals surface area contributed by atoms with Gasteiger partial charge in [0.25, 0.3) is 0 Å². The second-order valence-corrected chi connectivity index (χ2v) is 3.76. The molecule has 1 rings (SSSR count). The molecule has 0 amide bonds. The lowest BCUT2D eigenvalue weighted by atomic mass is 9.94. The maximum Gasteiger partial charge on any atom is 0.313 e. The van der Waals surface area contributed by atoms with Crippen LogP contribution in [0.15, 0.2) is 18.2 Å². The number of methoxy groups -OCH3 is 2. The summed E-state index contributed by atoms with van der Waals surface area (Å²) in [6, 6.07) is 4.55. The van der Waals surface area contributed by atoms with E-state index in [0.29, 0.717) is 12.0 Å². The Balaban J connectivity index is 3.02. The molecule has 3 nitrogen and oxygen atoms in total. The average molecular weight is 240 g/mol. The molecular weight excluding hydrogens is 223 g/mol. The van der Waals surface area contributed by atoms with Gasteiger partial charge in [-0.1, -0.05) is 19.4 Å². The third-order valence-corrected chi connectivity index (χ3v) is 2.64. The molecule has 4 heteroatoms. The van der Waals surface area contributed by atoms with Crippen LogP contribution in [0.25, 0.3) is 0 Å².